The number of carbonyl (C=O) groups is 2. The summed E-state index contributed by atoms with van der Waals surface area (Å²) in [6.45, 7) is 0. The second-order valence-corrected chi connectivity index (χ2v) is 7.78. The molecule has 1 fully saturated rings. The SMILES string of the molecule is O=C(CC1CCS(=O)(=O)C1)NNC(=O)c1ccc(C(F)(F)F)cc1. The molecule has 1 aromatic rings. The van der Waals surface area contributed by atoms with Crippen molar-refractivity contribution in [1.29, 1.82) is 0 Å². The summed E-state index contributed by atoms with van der Waals surface area (Å²) < 4.78 is 59.8. The fraction of sp³-hybridized carbons (Fsp3) is 0.429. The number of amides is 2. The predicted octanol–water partition coefficient (Wildman–Crippen LogP) is 1.29. The Morgan fingerprint density at radius 2 is 1.75 bits per heavy atom. The maximum absolute atomic E-state index is 12.4. The van der Waals surface area contributed by atoms with Crippen LogP contribution in [0.25, 0.3) is 0 Å². The zero-order chi connectivity index (χ0) is 18.0. The van der Waals surface area contributed by atoms with E-state index in [0.29, 0.717) is 6.42 Å². The van der Waals surface area contributed by atoms with Gasteiger partial charge in [0.2, 0.25) is 5.91 Å². The van der Waals surface area contributed by atoms with Crippen LogP contribution in [0.4, 0.5) is 13.2 Å². The third-order valence-corrected chi connectivity index (χ3v) is 5.43. The van der Waals surface area contributed by atoms with Gasteiger partial charge in [-0.3, -0.25) is 20.4 Å². The van der Waals surface area contributed by atoms with Gasteiger partial charge in [0.1, 0.15) is 0 Å². The molecule has 10 heteroatoms. The number of alkyl halides is 3. The van der Waals surface area contributed by atoms with Gasteiger partial charge in [0.15, 0.2) is 9.84 Å². The van der Waals surface area contributed by atoms with Crippen molar-refractivity contribution in [3.8, 4) is 0 Å². The third kappa shape index (κ3) is 4.95. The van der Waals surface area contributed by atoms with Crippen molar-refractivity contribution < 1.29 is 31.2 Å². The molecular formula is C14H15F3N2O4S. The molecule has 2 amide bonds. The Balaban J connectivity index is 1.83. The number of halogens is 3. The van der Waals surface area contributed by atoms with Gasteiger partial charge in [0.05, 0.1) is 17.1 Å². The number of hydrogen-bond donors (Lipinski definition) is 2. The first-order chi connectivity index (χ1) is 11.1. The van der Waals surface area contributed by atoms with Gasteiger partial charge in [-0.1, -0.05) is 0 Å². The second-order valence-electron chi connectivity index (χ2n) is 5.55. The molecular weight excluding hydrogens is 349 g/mol. The number of rotatable bonds is 3. The fourth-order valence-electron chi connectivity index (χ4n) is 2.36. The van der Waals surface area contributed by atoms with Gasteiger partial charge in [-0.05, 0) is 36.6 Å². The summed E-state index contributed by atoms with van der Waals surface area (Å²) >= 11 is 0. The Morgan fingerprint density at radius 1 is 1.12 bits per heavy atom. The minimum Gasteiger partial charge on any atom is -0.273 e. The smallest absolute Gasteiger partial charge is 0.273 e. The van der Waals surface area contributed by atoms with E-state index in [1.165, 1.54) is 0 Å². The van der Waals surface area contributed by atoms with Crippen LogP contribution in [0.15, 0.2) is 24.3 Å². The first kappa shape index (κ1) is 18.2. The summed E-state index contributed by atoms with van der Waals surface area (Å²) in [5.41, 5.74) is 3.27. The lowest BCUT2D eigenvalue weighted by Gasteiger charge is -2.11. The molecule has 132 valence electrons. The molecule has 0 spiro atoms. The Kier molecular flexibility index (Phi) is 5.16. The normalized spacial score (nSPS) is 19.7. The van der Waals surface area contributed by atoms with E-state index < -0.39 is 33.4 Å². The number of hydrogen-bond acceptors (Lipinski definition) is 4. The van der Waals surface area contributed by atoms with Crippen molar-refractivity contribution in [2.45, 2.75) is 19.0 Å². The topological polar surface area (TPSA) is 92.3 Å². The van der Waals surface area contributed by atoms with E-state index in [4.69, 9.17) is 0 Å². The number of benzene rings is 1. The number of sulfone groups is 1. The average molecular weight is 364 g/mol. The summed E-state index contributed by atoms with van der Waals surface area (Å²) in [4.78, 5) is 23.4. The summed E-state index contributed by atoms with van der Waals surface area (Å²) in [5.74, 6) is -1.64. The molecule has 0 bridgehead atoms. The molecule has 1 aliphatic heterocycles. The van der Waals surface area contributed by atoms with Gasteiger partial charge in [-0.25, -0.2) is 8.42 Å². The van der Waals surface area contributed by atoms with E-state index in [9.17, 15) is 31.2 Å². The molecule has 0 aromatic heterocycles. The lowest BCUT2D eigenvalue weighted by Crippen LogP contribution is -2.42. The van der Waals surface area contributed by atoms with Crippen LogP contribution >= 0.6 is 0 Å². The molecule has 1 aliphatic rings. The van der Waals surface area contributed by atoms with Crippen LogP contribution in [0.2, 0.25) is 0 Å². The first-order valence-corrected chi connectivity index (χ1v) is 8.86. The Morgan fingerprint density at radius 3 is 2.25 bits per heavy atom. The van der Waals surface area contributed by atoms with E-state index in [0.717, 1.165) is 24.3 Å². The Labute approximate surface area is 136 Å². The lowest BCUT2D eigenvalue weighted by molar-refractivity contribution is -0.137. The van der Waals surface area contributed by atoms with E-state index in [1.807, 2.05) is 0 Å². The minimum atomic E-state index is -4.50. The van der Waals surface area contributed by atoms with Crippen molar-refractivity contribution in [3.63, 3.8) is 0 Å². The molecule has 1 saturated heterocycles. The highest BCUT2D eigenvalue weighted by atomic mass is 32.2. The van der Waals surface area contributed by atoms with Gasteiger partial charge in [-0.2, -0.15) is 13.2 Å². The maximum Gasteiger partial charge on any atom is 0.416 e. The van der Waals surface area contributed by atoms with Crippen molar-refractivity contribution in [1.82, 2.24) is 10.9 Å². The standard InChI is InChI=1S/C14H15F3N2O4S/c15-14(16,17)11-3-1-10(2-4-11)13(21)19-18-12(20)7-9-5-6-24(22,23)8-9/h1-4,9H,5-8H2,(H,18,20)(H,19,21). The number of hydrazine groups is 1. The summed E-state index contributed by atoms with van der Waals surface area (Å²) in [5, 5.41) is 0. The minimum absolute atomic E-state index is 0.0445. The van der Waals surface area contributed by atoms with Gasteiger partial charge < -0.3 is 0 Å². The van der Waals surface area contributed by atoms with Gasteiger partial charge in [0, 0.05) is 12.0 Å². The highest BCUT2D eigenvalue weighted by Crippen LogP contribution is 2.29. The zero-order valence-electron chi connectivity index (χ0n) is 12.4. The summed E-state index contributed by atoms with van der Waals surface area (Å²) in [7, 11) is -3.09. The van der Waals surface area contributed by atoms with Crippen LogP contribution in [0, 0.1) is 5.92 Å². The van der Waals surface area contributed by atoms with Crippen LogP contribution in [-0.4, -0.2) is 31.7 Å². The molecule has 0 aliphatic carbocycles. The molecule has 0 radical (unpaired) electrons. The summed E-state index contributed by atoms with van der Waals surface area (Å²) in [6, 6.07) is 3.52. The van der Waals surface area contributed by atoms with Crippen LogP contribution in [0.1, 0.15) is 28.8 Å². The van der Waals surface area contributed by atoms with E-state index in [2.05, 4.69) is 10.9 Å². The van der Waals surface area contributed by atoms with E-state index in [-0.39, 0.29) is 29.4 Å². The number of carbonyl (C=O) groups excluding carboxylic acids is 2. The zero-order valence-corrected chi connectivity index (χ0v) is 13.2. The molecule has 1 unspecified atom stereocenters. The van der Waals surface area contributed by atoms with Crippen molar-refractivity contribution in [3.05, 3.63) is 35.4 Å². The Bertz CT molecular complexity index is 729. The molecule has 2 N–H and O–H groups in total. The van der Waals surface area contributed by atoms with Crippen LogP contribution in [-0.2, 0) is 20.8 Å². The fourth-order valence-corrected chi connectivity index (χ4v) is 4.22. The monoisotopic (exact) mass is 364 g/mol. The molecule has 24 heavy (non-hydrogen) atoms. The first-order valence-electron chi connectivity index (χ1n) is 7.04. The summed E-state index contributed by atoms with van der Waals surface area (Å²) in [6.07, 6.45) is -4.15. The molecule has 1 atom stereocenters. The van der Waals surface area contributed by atoms with Crippen molar-refractivity contribution in [2.24, 2.45) is 5.92 Å². The lowest BCUT2D eigenvalue weighted by atomic mass is 10.1. The molecule has 0 saturated carbocycles. The Hall–Kier alpha value is -2.10. The predicted molar refractivity (Wildman–Crippen MR) is 78.4 cm³/mol. The van der Waals surface area contributed by atoms with Crippen LogP contribution in [0.5, 0.6) is 0 Å². The van der Waals surface area contributed by atoms with Gasteiger partial charge in [0.25, 0.3) is 5.91 Å². The number of nitrogens with one attached hydrogen (secondary N) is 2. The van der Waals surface area contributed by atoms with Crippen molar-refractivity contribution in [2.75, 3.05) is 11.5 Å². The second kappa shape index (κ2) is 6.80. The largest absolute Gasteiger partial charge is 0.416 e. The van der Waals surface area contributed by atoms with Crippen LogP contribution in [0.3, 0.4) is 0 Å². The molecule has 2 rings (SSSR count). The van der Waals surface area contributed by atoms with Gasteiger partial charge >= 0.3 is 6.18 Å². The maximum atomic E-state index is 12.4. The molecule has 6 nitrogen and oxygen atoms in total. The van der Waals surface area contributed by atoms with E-state index in [1.54, 1.807) is 0 Å². The van der Waals surface area contributed by atoms with Crippen molar-refractivity contribution >= 4 is 21.7 Å². The van der Waals surface area contributed by atoms with Gasteiger partial charge in [-0.15, -0.1) is 0 Å². The molecule has 1 heterocycles. The average Bonchev–Trinajstić information content (AvgIpc) is 2.83. The third-order valence-electron chi connectivity index (χ3n) is 3.59. The van der Waals surface area contributed by atoms with Crippen LogP contribution < -0.4 is 10.9 Å². The molecule has 1 aromatic carbocycles. The quantitative estimate of drug-likeness (QED) is 0.791. The van der Waals surface area contributed by atoms with E-state index >= 15 is 0 Å². The highest BCUT2D eigenvalue weighted by Gasteiger charge is 2.31. The highest BCUT2D eigenvalue weighted by molar-refractivity contribution is 7.91.